The minimum atomic E-state index is -0.489. The predicted octanol–water partition coefficient (Wildman–Crippen LogP) is 2.10. The number of imidazole rings is 1. The Bertz CT molecular complexity index is 1060. The molecule has 1 unspecified atom stereocenters. The van der Waals surface area contributed by atoms with Crippen molar-refractivity contribution in [3.05, 3.63) is 53.9 Å². The molecule has 1 fully saturated rings. The van der Waals surface area contributed by atoms with Crippen molar-refractivity contribution in [3.63, 3.8) is 0 Å². The van der Waals surface area contributed by atoms with E-state index in [-0.39, 0.29) is 25.2 Å². The Morgan fingerprint density at radius 3 is 2.97 bits per heavy atom. The molecular weight excluding hydrogens is 372 g/mol. The van der Waals surface area contributed by atoms with Crippen LogP contribution in [-0.4, -0.2) is 39.5 Å². The average Bonchev–Trinajstić information content (AvgIpc) is 3.44. The summed E-state index contributed by atoms with van der Waals surface area (Å²) in [5, 5.41) is 2.91. The second-order valence-corrected chi connectivity index (χ2v) is 7.18. The van der Waals surface area contributed by atoms with E-state index >= 15 is 0 Å². The first-order valence-electron chi connectivity index (χ1n) is 9.57. The van der Waals surface area contributed by atoms with Crippen molar-refractivity contribution < 1.29 is 19.1 Å². The van der Waals surface area contributed by atoms with Crippen molar-refractivity contribution in [2.75, 3.05) is 6.79 Å². The van der Waals surface area contributed by atoms with Crippen molar-refractivity contribution in [1.29, 1.82) is 0 Å². The largest absolute Gasteiger partial charge is 0.454 e. The molecule has 0 bridgehead atoms. The average molecular weight is 392 g/mol. The first-order chi connectivity index (χ1) is 14.2. The predicted molar refractivity (Wildman–Crippen MR) is 104 cm³/mol. The Kier molecular flexibility index (Phi) is 4.31. The van der Waals surface area contributed by atoms with Crippen molar-refractivity contribution in [2.45, 2.75) is 32.0 Å². The highest BCUT2D eigenvalue weighted by Gasteiger charge is 2.36. The van der Waals surface area contributed by atoms with Crippen LogP contribution in [0.25, 0.3) is 11.0 Å². The Hall–Kier alpha value is -3.55. The lowest BCUT2D eigenvalue weighted by Crippen LogP contribution is -2.44. The number of H-pyrrole nitrogens is 1. The van der Waals surface area contributed by atoms with Crippen molar-refractivity contribution >= 4 is 22.8 Å². The van der Waals surface area contributed by atoms with Gasteiger partial charge in [0, 0.05) is 13.0 Å². The van der Waals surface area contributed by atoms with Gasteiger partial charge in [-0.3, -0.25) is 9.59 Å². The number of para-hydroxylation sites is 2. The summed E-state index contributed by atoms with van der Waals surface area (Å²) in [4.78, 5) is 34.5. The van der Waals surface area contributed by atoms with Gasteiger partial charge in [0.25, 0.3) is 0 Å². The second-order valence-electron chi connectivity index (χ2n) is 7.18. The summed E-state index contributed by atoms with van der Waals surface area (Å²) < 4.78 is 10.7. The quantitative estimate of drug-likeness (QED) is 0.693. The summed E-state index contributed by atoms with van der Waals surface area (Å²) in [5.74, 6) is 1.86. The Morgan fingerprint density at radius 2 is 2.07 bits per heavy atom. The number of ether oxygens (including phenoxy) is 2. The van der Waals surface area contributed by atoms with Crippen molar-refractivity contribution in [3.8, 4) is 11.5 Å². The van der Waals surface area contributed by atoms with E-state index < -0.39 is 6.04 Å². The van der Waals surface area contributed by atoms with Crippen LogP contribution >= 0.6 is 0 Å². The summed E-state index contributed by atoms with van der Waals surface area (Å²) in [6, 6.07) is 12.8. The Morgan fingerprint density at radius 1 is 1.21 bits per heavy atom. The van der Waals surface area contributed by atoms with Gasteiger partial charge in [0.1, 0.15) is 11.9 Å². The third kappa shape index (κ3) is 3.37. The van der Waals surface area contributed by atoms with Crippen LogP contribution in [0.4, 0.5) is 0 Å². The van der Waals surface area contributed by atoms with Gasteiger partial charge in [-0.1, -0.05) is 18.2 Å². The van der Waals surface area contributed by atoms with Gasteiger partial charge in [-0.15, -0.1) is 0 Å². The first-order valence-corrected chi connectivity index (χ1v) is 9.57. The first kappa shape index (κ1) is 17.5. The zero-order valence-electron chi connectivity index (χ0n) is 15.7. The highest BCUT2D eigenvalue weighted by molar-refractivity contribution is 5.90. The highest BCUT2D eigenvalue weighted by Crippen LogP contribution is 2.33. The smallest absolute Gasteiger partial charge is 0.243 e. The molecule has 2 amide bonds. The number of hydrogen-bond donors (Lipinski definition) is 2. The van der Waals surface area contributed by atoms with Gasteiger partial charge in [0.05, 0.1) is 17.6 Å². The normalized spacial score (nSPS) is 17.9. The van der Waals surface area contributed by atoms with Gasteiger partial charge in [-0.05, 0) is 36.2 Å². The third-order valence-corrected chi connectivity index (χ3v) is 5.29. The number of hydrogen-bond acceptors (Lipinski definition) is 5. The van der Waals surface area contributed by atoms with Crippen molar-refractivity contribution in [2.24, 2.45) is 0 Å². The minimum absolute atomic E-state index is 0.0217. The maximum absolute atomic E-state index is 12.8. The van der Waals surface area contributed by atoms with Crippen LogP contribution in [0.1, 0.15) is 24.2 Å². The summed E-state index contributed by atoms with van der Waals surface area (Å²) in [5.41, 5.74) is 2.69. The molecule has 1 saturated heterocycles. The molecule has 2 N–H and O–H groups in total. The number of rotatable bonds is 5. The molecule has 3 heterocycles. The molecule has 8 heteroatoms. The van der Waals surface area contributed by atoms with Crippen LogP contribution in [0.2, 0.25) is 0 Å². The summed E-state index contributed by atoms with van der Waals surface area (Å²) in [6.07, 6.45) is 0.878. The number of amides is 2. The number of nitrogens with one attached hydrogen (secondary N) is 2. The maximum atomic E-state index is 12.8. The lowest BCUT2D eigenvalue weighted by Gasteiger charge is -2.24. The molecular formula is C21H20N4O4. The van der Waals surface area contributed by atoms with Crippen LogP contribution in [-0.2, 0) is 22.7 Å². The van der Waals surface area contributed by atoms with E-state index in [1.807, 2.05) is 42.5 Å². The molecule has 3 aromatic rings. The molecule has 1 atom stereocenters. The lowest BCUT2D eigenvalue weighted by molar-refractivity contribution is -0.135. The summed E-state index contributed by atoms with van der Waals surface area (Å²) in [7, 11) is 0. The highest BCUT2D eigenvalue weighted by atomic mass is 16.7. The molecule has 29 heavy (non-hydrogen) atoms. The summed E-state index contributed by atoms with van der Waals surface area (Å²) in [6.45, 7) is 0.850. The fourth-order valence-electron chi connectivity index (χ4n) is 3.82. The standard InChI is InChI=1S/C21H20N4O4/c26-20-8-6-16(25(20)11-13-5-7-17-18(9-13)29-12-28-17)21(27)22-10-19-23-14-3-1-2-4-15(14)24-19/h1-5,7,9,16H,6,8,10-12H2,(H,22,27)(H,23,24). The van der Waals surface area contributed by atoms with Crippen LogP contribution in [0, 0.1) is 0 Å². The number of aromatic amines is 1. The van der Waals surface area contributed by atoms with Crippen LogP contribution in [0.5, 0.6) is 11.5 Å². The molecule has 0 radical (unpaired) electrons. The summed E-state index contributed by atoms with van der Waals surface area (Å²) >= 11 is 0. The fraction of sp³-hybridized carbons (Fsp3) is 0.286. The molecule has 0 saturated carbocycles. The maximum Gasteiger partial charge on any atom is 0.243 e. The number of benzene rings is 2. The van der Waals surface area contributed by atoms with Crippen LogP contribution in [0.15, 0.2) is 42.5 Å². The molecule has 148 valence electrons. The van der Waals surface area contributed by atoms with Gasteiger partial charge in [0.15, 0.2) is 11.5 Å². The van der Waals surface area contributed by atoms with Gasteiger partial charge in [0.2, 0.25) is 18.6 Å². The molecule has 5 rings (SSSR count). The molecule has 2 aliphatic rings. The zero-order chi connectivity index (χ0) is 19.8. The van der Waals surface area contributed by atoms with Gasteiger partial charge >= 0.3 is 0 Å². The van der Waals surface area contributed by atoms with E-state index in [1.54, 1.807) is 4.90 Å². The van der Waals surface area contributed by atoms with Gasteiger partial charge in [-0.25, -0.2) is 4.98 Å². The molecule has 0 spiro atoms. The SMILES string of the molecule is O=C(NCc1nc2ccccc2[nH]1)C1CCC(=O)N1Cc1ccc2c(c1)OCO2. The lowest BCUT2D eigenvalue weighted by atomic mass is 10.1. The molecule has 8 nitrogen and oxygen atoms in total. The van der Waals surface area contributed by atoms with E-state index in [0.717, 1.165) is 16.6 Å². The van der Waals surface area contributed by atoms with Gasteiger partial charge < -0.3 is 24.7 Å². The van der Waals surface area contributed by atoms with E-state index in [1.165, 1.54) is 0 Å². The topological polar surface area (TPSA) is 96.5 Å². The van der Waals surface area contributed by atoms with E-state index in [2.05, 4.69) is 15.3 Å². The van der Waals surface area contributed by atoms with Gasteiger partial charge in [-0.2, -0.15) is 0 Å². The number of fused-ring (bicyclic) bond motifs is 2. The van der Waals surface area contributed by atoms with E-state index in [0.29, 0.717) is 36.7 Å². The third-order valence-electron chi connectivity index (χ3n) is 5.29. The number of nitrogens with zero attached hydrogens (tertiary/aromatic N) is 2. The number of likely N-dealkylation sites (tertiary alicyclic amines) is 1. The van der Waals surface area contributed by atoms with Crippen LogP contribution < -0.4 is 14.8 Å². The number of aromatic nitrogens is 2. The molecule has 0 aliphatic carbocycles. The monoisotopic (exact) mass is 392 g/mol. The molecule has 1 aromatic heterocycles. The fourth-order valence-corrected chi connectivity index (χ4v) is 3.82. The minimum Gasteiger partial charge on any atom is -0.454 e. The van der Waals surface area contributed by atoms with E-state index in [4.69, 9.17) is 9.47 Å². The van der Waals surface area contributed by atoms with Crippen molar-refractivity contribution in [1.82, 2.24) is 20.2 Å². The molecule has 2 aliphatic heterocycles. The molecule has 2 aromatic carbocycles. The Labute approximate surface area is 166 Å². The van der Waals surface area contributed by atoms with Crippen LogP contribution in [0.3, 0.4) is 0 Å². The Balaban J connectivity index is 1.26. The number of carbonyl (C=O) groups is 2. The second kappa shape index (κ2) is 7.12. The zero-order valence-corrected chi connectivity index (χ0v) is 15.7. The number of carbonyl (C=O) groups excluding carboxylic acids is 2. The van der Waals surface area contributed by atoms with E-state index in [9.17, 15) is 9.59 Å².